The van der Waals surface area contributed by atoms with Crippen LogP contribution in [0.2, 0.25) is 0 Å². The van der Waals surface area contributed by atoms with Gasteiger partial charge >= 0.3 is 0 Å². The van der Waals surface area contributed by atoms with Crippen molar-refractivity contribution in [3.63, 3.8) is 0 Å². The first-order valence-corrected chi connectivity index (χ1v) is 8.61. The average Bonchev–Trinajstić information content (AvgIpc) is 2.90. The van der Waals surface area contributed by atoms with E-state index in [0.717, 1.165) is 50.1 Å². The summed E-state index contributed by atoms with van der Waals surface area (Å²) in [6.45, 7) is 6.56. The quantitative estimate of drug-likeness (QED) is 0.846. The molecule has 22 heavy (non-hydrogen) atoms. The first kappa shape index (κ1) is 14.6. The van der Waals surface area contributed by atoms with Crippen molar-refractivity contribution in [2.75, 3.05) is 26.2 Å². The molecule has 0 N–H and O–H groups in total. The van der Waals surface area contributed by atoms with E-state index in [4.69, 9.17) is 0 Å². The van der Waals surface area contributed by atoms with Crippen molar-refractivity contribution in [2.24, 2.45) is 5.92 Å². The summed E-state index contributed by atoms with van der Waals surface area (Å²) in [4.78, 5) is 5.17. The Kier molecular flexibility index (Phi) is 3.69. The summed E-state index contributed by atoms with van der Waals surface area (Å²) in [6.07, 6.45) is 3.71. The van der Waals surface area contributed by atoms with Crippen LogP contribution in [0.4, 0.5) is 8.78 Å². The maximum absolute atomic E-state index is 13.7. The molecule has 0 amide bonds. The Labute approximate surface area is 131 Å². The third-order valence-corrected chi connectivity index (χ3v) is 5.92. The minimum absolute atomic E-state index is 0.241. The van der Waals surface area contributed by atoms with Gasteiger partial charge in [0.25, 0.3) is 0 Å². The predicted octanol–water partition coefficient (Wildman–Crippen LogP) is 3.24. The van der Waals surface area contributed by atoms with Crippen molar-refractivity contribution in [1.29, 1.82) is 0 Å². The van der Waals surface area contributed by atoms with E-state index in [9.17, 15) is 8.78 Å². The van der Waals surface area contributed by atoms with Gasteiger partial charge in [0.1, 0.15) is 11.6 Å². The molecule has 0 aromatic heterocycles. The Bertz CT molecular complexity index is 534. The topological polar surface area (TPSA) is 6.48 Å². The van der Waals surface area contributed by atoms with E-state index in [1.807, 2.05) is 0 Å². The van der Waals surface area contributed by atoms with Crippen LogP contribution in [0.3, 0.4) is 0 Å². The van der Waals surface area contributed by atoms with Crippen LogP contribution in [0.5, 0.6) is 0 Å². The van der Waals surface area contributed by atoms with Crippen LogP contribution in [0.1, 0.15) is 37.7 Å². The molecule has 0 saturated carbocycles. The third-order valence-electron chi connectivity index (χ3n) is 5.92. The Morgan fingerprint density at radius 1 is 1.05 bits per heavy atom. The molecule has 0 spiro atoms. The van der Waals surface area contributed by atoms with Crippen LogP contribution in [0.25, 0.3) is 0 Å². The molecule has 4 aliphatic rings. The van der Waals surface area contributed by atoms with E-state index in [2.05, 4.69) is 16.7 Å². The number of rotatable bonds is 3. The normalized spacial score (nSPS) is 37.5. The molecule has 4 aliphatic heterocycles. The summed E-state index contributed by atoms with van der Waals surface area (Å²) in [5.41, 5.74) is 0.846. The van der Waals surface area contributed by atoms with Crippen molar-refractivity contribution >= 4 is 0 Å². The summed E-state index contributed by atoms with van der Waals surface area (Å²) in [7, 11) is 0. The maximum atomic E-state index is 13.7. The lowest BCUT2D eigenvalue weighted by Gasteiger charge is -2.51. The van der Waals surface area contributed by atoms with E-state index >= 15 is 0 Å². The van der Waals surface area contributed by atoms with Crippen LogP contribution < -0.4 is 0 Å². The molecule has 0 aliphatic carbocycles. The van der Waals surface area contributed by atoms with Crippen LogP contribution in [0.15, 0.2) is 18.2 Å². The second-order valence-corrected chi connectivity index (χ2v) is 7.16. The van der Waals surface area contributed by atoms with Gasteiger partial charge in [-0.1, -0.05) is 6.92 Å². The second kappa shape index (κ2) is 5.57. The van der Waals surface area contributed by atoms with E-state index in [1.54, 1.807) is 12.1 Å². The fraction of sp³-hybridized carbons (Fsp3) is 0.667. The van der Waals surface area contributed by atoms with Crippen LogP contribution in [0, 0.1) is 17.6 Å². The highest BCUT2D eigenvalue weighted by Gasteiger charge is 2.52. The molecule has 4 heterocycles. The molecule has 2 bridgehead atoms. The van der Waals surface area contributed by atoms with Gasteiger partial charge in [-0.05, 0) is 62.5 Å². The van der Waals surface area contributed by atoms with Gasteiger partial charge in [-0.3, -0.25) is 9.80 Å². The SMILES string of the molecule is CCCN1C[C@H](c2cc(F)cc(F)c2)[C@H]2[C@@H]1C1CCN2CC1. The van der Waals surface area contributed by atoms with Crippen molar-refractivity contribution in [1.82, 2.24) is 9.80 Å². The molecule has 1 aromatic carbocycles. The number of piperidine rings is 3. The zero-order valence-electron chi connectivity index (χ0n) is 13.1. The van der Waals surface area contributed by atoms with Crippen molar-refractivity contribution in [2.45, 2.75) is 44.2 Å². The number of halogens is 2. The van der Waals surface area contributed by atoms with Gasteiger partial charge in [0.2, 0.25) is 0 Å². The number of benzene rings is 1. The predicted molar refractivity (Wildman–Crippen MR) is 82.8 cm³/mol. The molecular formula is C18H24F2N2. The molecular weight excluding hydrogens is 282 g/mol. The lowest BCUT2D eigenvalue weighted by Crippen LogP contribution is -2.60. The number of fused-ring (bicyclic) bond motifs is 2. The van der Waals surface area contributed by atoms with Crippen molar-refractivity contribution in [3.05, 3.63) is 35.4 Å². The van der Waals surface area contributed by atoms with Crippen molar-refractivity contribution < 1.29 is 8.78 Å². The molecule has 4 saturated heterocycles. The highest BCUT2D eigenvalue weighted by atomic mass is 19.1. The molecule has 4 heteroatoms. The number of likely N-dealkylation sites (tertiary alicyclic amines) is 1. The summed E-state index contributed by atoms with van der Waals surface area (Å²) in [6, 6.07) is 5.10. The van der Waals surface area contributed by atoms with Crippen LogP contribution in [-0.4, -0.2) is 48.1 Å². The molecule has 120 valence electrons. The van der Waals surface area contributed by atoms with E-state index < -0.39 is 11.6 Å². The van der Waals surface area contributed by atoms with Crippen molar-refractivity contribution in [3.8, 4) is 0 Å². The Balaban J connectivity index is 1.70. The van der Waals surface area contributed by atoms with Gasteiger partial charge in [0.15, 0.2) is 0 Å². The molecule has 4 fully saturated rings. The zero-order chi connectivity index (χ0) is 15.3. The summed E-state index contributed by atoms with van der Waals surface area (Å²) in [5.74, 6) is 0.114. The minimum Gasteiger partial charge on any atom is -0.298 e. The number of hydrogen-bond donors (Lipinski definition) is 0. The molecule has 0 unspecified atom stereocenters. The molecule has 3 atom stereocenters. The summed E-state index contributed by atoms with van der Waals surface area (Å²) < 4.78 is 27.3. The van der Waals surface area contributed by atoms with Gasteiger partial charge in [0.05, 0.1) is 0 Å². The molecule has 5 rings (SSSR count). The minimum atomic E-state index is -0.448. The highest BCUT2D eigenvalue weighted by molar-refractivity contribution is 5.28. The highest BCUT2D eigenvalue weighted by Crippen LogP contribution is 2.46. The standard InChI is InChI=1S/C18H24F2N2/c1-2-5-22-11-16(13-8-14(19)10-15(20)9-13)18-17(22)12-3-6-21(18)7-4-12/h8-10,12,16-18H,2-7,11H2,1H3/t16-,17+,18+/m1/s1. The molecule has 1 aromatic rings. The van der Waals surface area contributed by atoms with Gasteiger partial charge in [-0.2, -0.15) is 0 Å². The molecule has 2 nitrogen and oxygen atoms in total. The fourth-order valence-corrected chi connectivity index (χ4v) is 5.16. The summed E-state index contributed by atoms with van der Waals surface area (Å²) >= 11 is 0. The largest absolute Gasteiger partial charge is 0.298 e. The first-order valence-electron chi connectivity index (χ1n) is 8.61. The summed E-state index contributed by atoms with van der Waals surface area (Å²) in [5, 5.41) is 0. The smallest absolute Gasteiger partial charge is 0.126 e. The average molecular weight is 306 g/mol. The van der Waals surface area contributed by atoms with E-state index in [0.29, 0.717) is 12.1 Å². The first-order chi connectivity index (χ1) is 10.7. The van der Waals surface area contributed by atoms with Crippen LogP contribution >= 0.6 is 0 Å². The second-order valence-electron chi connectivity index (χ2n) is 7.16. The lowest BCUT2D eigenvalue weighted by molar-refractivity contribution is -0.00643. The number of nitrogens with zero attached hydrogens (tertiary/aromatic N) is 2. The monoisotopic (exact) mass is 306 g/mol. The van der Waals surface area contributed by atoms with Crippen LogP contribution in [-0.2, 0) is 0 Å². The molecule has 0 radical (unpaired) electrons. The Hall–Kier alpha value is -1.00. The third kappa shape index (κ3) is 2.28. The van der Waals surface area contributed by atoms with Gasteiger partial charge in [-0.25, -0.2) is 8.78 Å². The van der Waals surface area contributed by atoms with Gasteiger partial charge in [-0.15, -0.1) is 0 Å². The lowest BCUT2D eigenvalue weighted by atomic mass is 9.75. The zero-order valence-corrected chi connectivity index (χ0v) is 13.1. The van der Waals surface area contributed by atoms with Gasteiger partial charge in [0, 0.05) is 30.6 Å². The van der Waals surface area contributed by atoms with Gasteiger partial charge < -0.3 is 0 Å². The number of hydrogen-bond acceptors (Lipinski definition) is 2. The van der Waals surface area contributed by atoms with E-state index in [1.165, 1.54) is 12.8 Å². The fourth-order valence-electron chi connectivity index (χ4n) is 5.16. The Morgan fingerprint density at radius 3 is 2.36 bits per heavy atom. The maximum Gasteiger partial charge on any atom is 0.126 e. The van der Waals surface area contributed by atoms with E-state index in [-0.39, 0.29) is 5.92 Å². The Morgan fingerprint density at radius 2 is 1.73 bits per heavy atom.